The van der Waals surface area contributed by atoms with E-state index in [4.69, 9.17) is 0 Å². The first-order chi connectivity index (χ1) is 11.2. The molecule has 2 atom stereocenters. The molecule has 132 valence electrons. The predicted molar refractivity (Wildman–Crippen MR) is 94.5 cm³/mol. The van der Waals surface area contributed by atoms with Crippen LogP contribution in [0.15, 0.2) is 0 Å². The second kappa shape index (κ2) is 8.48. The Balaban J connectivity index is 1.46. The smallest absolute Gasteiger partial charge is 0.222 e. The fourth-order valence-electron chi connectivity index (χ4n) is 4.63. The zero-order valence-electron chi connectivity index (χ0n) is 15.0. The summed E-state index contributed by atoms with van der Waals surface area (Å²) in [6.45, 7) is 10.3. The first-order valence-electron chi connectivity index (χ1n) is 9.96. The average molecular weight is 322 g/mol. The first kappa shape index (κ1) is 17.2. The van der Waals surface area contributed by atoms with Gasteiger partial charge >= 0.3 is 0 Å². The molecule has 3 aliphatic heterocycles. The third-order valence-electron chi connectivity index (χ3n) is 6.12. The van der Waals surface area contributed by atoms with Gasteiger partial charge in [-0.1, -0.05) is 13.3 Å². The van der Waals surface area contributed by atoms with Gasteiger partial charge in [0.15, 0.2) is 0 Å². The molecule has 0 radical (unpaired) electrons. The van der Waals surface area contributed by atoms with Crippen LogP contribution in [-0.2, 0) is 4.79 Å². The van der Waals surface area contributed by atoms with E-state index >= 15 is 0 Å². The lowest BCUT2D eigenvalue weighted by Crippen LogP contribution is -2.43. The Kier molecular flexibility index (Phi) is 6.35. The van der Waals surface area contributed by atoms with Crippen LogP contribution < -0.4 is 0 Å². The number of hydrogen-bond donors (Lipinski definition) is 0. The maximum absolute atomic E-state index is 12.5. The van der Waals surface area contributed by atoms with Gasteiger partial charge in [0, 0.05) is 38.6 Å². The SMILES string of the molecule is CC1CCCN(C2CCC(=O)N(CCN3CCCCC3)CC2)C1. The first-order valence-corrected chi connectivity index (χ1v) is 9.96. The molecule has 0 aromatic rings. The van der Waals surface area contributed by atoms with Crippen LogP contribution in [0, 0.1) is 5.92 Å². The van der Waals surface area contributed by atoms with Crippen LogP contribution >= 0.6 is 0 Å². The second-order valence-electron chi connectivity index (χ2n) is 8.01. The Morgan fingerprint density at radius 1 is 0.913 bits per heavy atom. The zero-order chi connectivity index (χ0) is 16.1. The minimum Gasteiger partial charge on any atom is -0.341 e. The topological polar surface area (TPSA) is 26.8 Å². The summed E-state index contributed by atoms with van der Waals surface area (Å²) in [5, 5.41) is 0. The summed E-state index contributed by atoms with van der Waals surface area (Å²) >= 11 is 0. The lowest BCUT2D eigenvalue weighted by molar-refractivity contribution is -0.130. The molecule has 0 saturated carbocycles. The average Bonchev–Trinajstić information content (AvgIpc) is 2.76. The van der Waals surface area contributed by atoms with Gasteiger partial charge in [0.05, 0.1) is 0 Å². The molecule has 0 aliphatic carbocycles. The van der Waals surface area contributed by atoms with Gasteiger partial charge < -0.3 is 14.7 Å². The molecule has 0 aromatic carbocycles. The van der Waals surface area contributed by atoms with Crippen molar-refractivity contribution in [2.45, 2.75) is 64.3 Å². The van der Waals surface area contributed by atoms with Gasteiger partial charge in [-0.25, -0.2) is 0 Å². The van der Waals surface area contributed by atoms with E-state index in [1.165, 1.54) is 64.7 Å². The molecule has 4 heteroatoms. The summed E-state index contributed by atoms with van der Waals surface area (Å²) in [7, 11) is 0. The maximum Gasteiger partial charge on any atom is 0.222 e. The molecule has 0 spiro atoms. The summed E-state index contributed by atoms with van der Waals surface area (Å²) in [5.74, 6) is 1.23. The van der Waals surface area contributed by atoms with E-state index in [-0.39, 0.29) is 0 Å². The van der Waals surface area contributed by atoms with E-state index in [1.807, 2.05) is 0 Å². The van der Waals surface area contributed by atoms with Crippen molar-refractivity contribution in [3.05, 3.63) is 0 Å². The largest absolute Gasteiger partial charge is 0.341 e. The molecule has 4 nitrogen and oxygen atoms in total. The van der Waals surface area contributed by atoms with Crippen molar-refractivity contribution in [3.63, 3.8) is 0 Å². The number of hydrogen-bond acceptors (Lipinski definition) is 3. The van der Waals surface area contributed by atoms with Gasteiger partial charge in [-0.05, 0) is 64.1 Å². The summed E-state index contributed by atoms with van der Waals surface area (Å²) < 4.78 is 0. The summed E-state index contributed by atoms with van der Waals surface area (Å²) in [6.07, 6.45) is 9.79. The van der Waals surface area contributed by atoms with E-state index < -0.39 is 0 Å². The van der Waals surface area contributed by atoms with Crippen LogP contribution in [0.4, 0.5) is 0 Å². The van der Waals surface area contributed by atoms with Gasteiger partial charge in [0.25, 0.3) is 0 Å². The normalized spacial score (nSPS) is 32.0. The van der Waals surface area contributed by atoms with Crippen molar-refractivity contribution in [1.82, 2.24) is 14.7 Å². The molecular formula is C19H35N3O. The Labute approximate surface area is 142 Å². The highest BCUT2D eigenvalue weighted by atomic mass is 16.2. The summed E-state index contributed by atoms with van der Waals surface area (Å²) in [4.78, 5) is 19.8. The van der Waals surface area contributed by atoms with Crippen LogP contribution in [0.5, 0.6) is 0 Å². The van der Waals surface area contributed by atoms with Gasteiger partial charge in [0.1, 0.15) is 0 Å². The number of amides is 1. The molecule has 3 rings (SSSR count). The van der Waals surface area contributed by atoms with Crippen LogP contribution in [0.3, 0.4) is 0 Å². The predicted octanol–water partition coefficient (Wildman–Crippen LogP) is 2.59. The highest BCUT2D eigenvalue weighted by molar-refractivity contribution is 5.76. The molecule has 3 saturated heterocycles. The number of nitrogens with zero attached hydrogens (tertiary/aromatic N) is 3. The van der Waals surface area contributed by atoms with Gasteiger partial charge in [0.2, 0.25) is 5.91 Å². The molecular weight excluding hydrogens is 286 g/mol. The van der Waals surface area contributed by atoms with Crippen LogP contribution in [0.1, 0.15) is 58.3 Å². The van der Waals surface area contributed by atoms with Crippen molar-refractivity contribution in [1.29, 1.82) is 0 Å². The number of rotatable bonds is 4. The van der Waals surface area contributed by atoms with E-state index in [0.717, 1.165) is 38.4 Å². The van der Waals surface area contributed by atoms with Crippen molar-refractivity contribution in [3.8, 4) is 0 Å². The lowest BCUT2D eigenvalue weighted by atomic mass is 9.96. The van der Waals surface area contributed by atoms with E-state index in [2.05, 4.69) is 21.6 Å². The number of carbonyl (C=O) groups is 1. The number of carbonyl (C=O) groups excluding carboxylic acids is 1. The van der Waals surface area contributed by atoms with Crippen molar-refractivity contribution in [2.24, 2.45) is 5.92 Å². The highest BCUT2D eigenvalue weighted by Gasteiger charge is 2.28. The minimum atomic E-state index is 0.398. The van der Waals surface area contributed by atoms with Crippen molar-refractivity contribution >= 4 is 5.91 Å². The third-order valence-corrected chi connectivity index (χ3v) is 6.12. The lowest BCUT2D eigenvalue weighted by Gasteiger charge is -2.37. The van der Waals surface area contributed by atoms with Crippen molar-refractivity contribution in [2.75, 3.05) is 45.8 Å². The molecule has 0 aromatic heterocycles. The second-order valence-corrected chi connectivity index (χ2v) is 8.01. The summed E-state index contributed by atoms with van der Waals surface area (Å²) in [5.41, 5.74) is 0. The van der Waals surface area contributed by atoms with Crippen LogP contribution in [0.2, 0.25) is 0 Å². The Morgan fingerprint density at radius 3 is 2.52 bits per heavy atom. The van der Waals surface area contributed by atoms with Gasteiger partial charge in [-0.3, -0.25) is 4.79 Å². The van der Waals surface area contributed by atoms with E-state index in [9.17, 15) is 4.79 Å². The molecule has 3 aliphatic rings. The van der Waals surface area contributed by atoms with E-state index in [0.29, 0.717) is 11.9 Å². The Morgan fingerprint density at radius 2 is 1.74 bits per heavy atom. The summed E-state index contributed by atoms with van der Waals surface area (Å²) in [6, 6.07) is 0.640. The fourth-order valence-corrected chi connectivity index (χ4v) is 4.63. The number of piperidine rings is 2. The monoisotopic (exact) mass is 321 g/mol. The third kappa shape index (κ3) is 4.93. The Bertz CT molecular complexity index is 381. The molecule has 2 unspecified atom stereocenters. The quantitative estimate of drug-likeness (QED) is 0.796. The van der Waals surface area contributed by atoms with Gasteiger partial charge in [-0.15, -0.1) is 0 Å². The van der Waals surface area contributed by atoms with Gasteiger partial charge in [-0.2, -0.15) is 0 Å². The molecule has 0 bridgehead atoms. The molecule has 0 N–H and O–H groups in total. The highest BCUT2D eigenvalue weighted by Crippen LogP contribution is 2.24. The number of likely N-dealkylation sites (tertiary alicyclic amines) is 3. The zero-order valence-corrected chi connectivity index (χ0v) is 15.0. The van der Waals surface area contributed by atoms with E-state index in [1.54, 1.807) is 0 Å². The molecule has 23 heavy (non-hydrogen) atoms. The minimum absolute atomic E-state index is 0.398. The standard InChI is InChI=1S/C19H35N3O/c1-17-6-5-12-22(16-17)18-7-8-19(23)21(13-9-18)15-14-20-10-3-2-4-11-20/h17-18H,2-16H2,1H3. The molecule has 3 fully saturated rings. The fraction of sp³-hybridized carbons (Fsp3) is 0.947. The van der Waals surface area contributed by atoms with Crippen LogP contribution in [-0.4, -0.2) is 72.5 Å². The maximum atomic E-state index is 12.5. The van der Waals surface area contributed by atoms with Crippen LogP contribution in [0.25, 0.3) is 0 Å². The Hall–Kier alpha value is -0.610. The molecule has 1 amide bonds. The molecule has 3 heterocycles. The van der Waals surface area contributed by atoms with Crippen molar-refractivity contribution < 1.29 is 4.79 Å².